The molecular weight excluding hydrogens is 557 g/mol. The second-order valence-electron chi connectivity index (χ2n) is 12.4. The fourth-order valence-corrected chi connectivity index (χ4v) is 4.86. The quantitative estimate of drug-likeness (QED) is 0.163. The van der Waals surface area contributed by atoms with E-state index in [0.717, 1.165) is 42.4 Å². The molecule has 0 spiro atoms. The number of hydrogen-bond acceptors (Lipinski definition) is 6. The fourth-order valence-electron chi connectivity index (χ4n) is 4.86. The van der Waals surface area contributed by atoms with Crippen LogP contribution >= 0.6 is 0 Å². The van der Waals surface area contributed by atoms with Crippen molar-refractivity contribution in [3.63, 3.8) is 0 Å². The number of amides is 1. The summed E-state index contributed by atoms with van der Waals surface area (Å²) in [5.41, 5.74) is 2.53. The van der Waals surface area contributed by atoms with Crippen molar-refractivity contribution in [1.82, 2.24) is 0 Å². The fraction of sp³-hybridized carbons (Fsp3) is 0.559. The number of methoxy groups -OCH3 is 2. The number of rotatable bonds is 16. The van der Waals surface area contributed by atoms with Crippen LogP contribution in [0.15, 0.2) is 36.4 Å². The number of carbonyl (C=O) groups is 3. The van der Waals surface area contributed by atoms with Crippen LogP contribution in [0.3, 0.4) is 0 Å². The van der Waals surface area contributed by atoms with Crippen molar-refractivity contribution in [3.05, 3.63) is 58.4 Å². The Hall–Kier alpha value is -2.55. The first-order valence-corrected chi connectivity index (χ1v) is 14.7. The van der Waals surface area contributed by atoms with Gasteiger partial charge in [-0.15, -0.1) is 5.69 Å². The molecule has 2 rings (SSSR count). The van der Waals surface area contributed by atoms with Crippen LogP contribution in [0.25, 0.3) is 5.32 Å². The minimum atomic E-state index is -1.04. The molecule has 0 fully saturated rings. The topological polar surface area (TPSA) is 113 Å². The Bertz CT molecular complexity index is 1220. The van der Waals surface area contributed by atoms with E-state index in [1.54, 1.807) is 14.2 Å². The number of nitrogens with zero attached hydrogens (tertiary/aromatic N) is 1. The maximum absolute atomic E-state index is 13.6. The third-order valence-corrected chi connectivity index (χ3v) is 7.43. The van der Waals surface area contributed by atoms with E-state index in [0.29, 0.717) is 17.2 Å². The largest absolute Gasteiger partial charge is 1.00 e. The van der Waals surface area contributed by atoms with Gasteiger partial charge in [0.25, 0.3) is 0 Å². The maximum Gasteiger partial charge on any atom is 1.00 e. The maximum atomic E-state index is 13.6. The predicted octanol–water partition coefficient (Wildman–Crippen LogP) is 4.98. The summed E-state index contributed by atoms with van der Waals surface area (Å²) in [5, 5.41) is 13.5. The minimum absolute atomic E-state index is 0. The molecule has 0 saturated heterocycles. The van der Waals surface area contributed by atoms with Crippen molar-refractivity contribution in [2.75, 3.05) is 20.8 Å². The molecule has 1 unspecified atom stereocenters. The van der Waals surface area contributed by atoms with Crippen LogP contribution < -0.4 is 39.0 Å². The summed E-state index contributed by atoms with van der Waals surface area (Å²) in [6.07, 6.45) is 3.78. The molecule has 0 aliphatic rings. The zero-order chi connectivity index (χ0) is 31.5. The van der Waals surface area contributed by atoms with E-state index in [4.69, 9.17) is 19.3 Å². The molecule has 1 N–H and O–H groups in total. The van der Waals surface area contributed by atoms with Gasteiger partial charge >= 0.3 is 41.5 Å². The Morgan fingerprint density at radius 3 is 2.21 bits per heavy atom. The van der Waals surface area contributed by atoms with E-state index in [-0.39, 0.29) is 72.7 Å². The number of carboxylic acids is 1. The Kier molecular flexibility index (Phi) is 15.8. The molecule has 8 nitrogen and oxygen atoms in total. The Labute approximate surface area is 279 Å². The molecule has 2 aromatic carbocycles. The molecule has 9 heteroatoms. The Balaban J connectivity index is 0.00000924. The molecule has 0 bridgehead atoms. The van der Waals surface area contributed by atoms with Crippen LogP contribution in [-0.2, 0) is 30.0 Å². The summed E-state index contributed by atoms with van der Waals surface area (Å²) >= 11 is 0. The molecule has 1 amide bonds. The van der Waals surface area contributed by atoms with Crippen molar-refractivity contribution in [1.29, 1.82) is 0 Å². The van der Waals surface area contributed by atoms with Gasteiger partial charge in [0.1, 0.15) is 18.1 Å². The van der Waals surface area contributed by atoms with Crippen molar-refractivity contribution < 1.29 is 63.3 Å². The number of ether oxygens (including phenoxy) is 3. The molecule has 43 heavy (non-hydrogen) atoms. The zero-order valence-electron chi connectivity index (χ0n) is 27.5. The Morgan fingerprint density at radius 1 is 0.930 bits per heavy atom. The first kappa shape index (κ1) is 38.5. The Morgan fingerprint density at radius 2 is 1.63 bits per heavy atom. The number of benzene rings is 2. The van der Waals surface area contributed by atoms with Gasteiger partial charge in [0.15, 0.2) is 0 Å². The molecule has 0 heterocycles. The first-order chi connectivity index (χ1) is 19.7. The molecule has 1 atom stereocenters. The van der Waals surface area contributed by atoms with Crippen molar-refractivity contribution in [3.8, 4) is 11.5 Å². The van der Waals surface area contributed by atoms with Gasteiger partial charge in [-0.1, -0.05) is 90.6 Å². The molecule has 0 aromatic heterocycles. The van der Waals surface area contributed by atoms with Crippen LogP contribution in [0.2, 0.25) is 0 Å². The third-order valence-electron chi connectivity index (χ3n) is 7.43. The summed E-state index contributed by atoms with van der Waals surface area (Å²) in [6.45, 7) is 12.3. The predicted molar refractivity (Wildman–Crippen MR) is 165 cm³/mol. The van der Waals surface area contributed by atoms with Gasteiger partial charge in [0, 0.05) is 11.5 Å². The van der Waals surface area contributed by atoms with E-state index in [2.05, 4.69) is 33.0 Å². The van der Waals surface area contributed by atoms with Gasteiger partial charge in [-0.25, -0.2) is 0 Å². The van der Waals surface area contributed by atoms with Crippen LogP contribution in [0, 0.1) is 0 Å². The van der Waals surface area contributed by atoms with E-state index >= 15 is 0 Å². The minimum Gasteiger partial charge on any atom is -0.627 e. The smallest absolute Gasteiger partial charge is 0.627 e. The molecule has 2 aromatic rings. The number of hydrogen-bond donors (Lipinski definition) is 1. The van der Waals surface area contributed by atoms with E-state index in [1.165, 1.54) is 0 Å². The number of carboxylic acid groups (broad SMARTS) is 1. The number of esters is 1. The average Bonchev–Trinajstić information content (AvgIpc) is 2.93. The van der Waals surface area contributed by atoms with Gasteiger partial charge in [-0.2, -0.15) is 0 Å². The monoisotopic (exact) mass is 605 g/mol. The van der Waals surface area contributed by atoms with Gasteiger partial charge in [-0.05, 0) is 41.4 Å². The van der Waals surface area contributed by atoms with E-state index < -0.39 is 17.4 Å². The van der Waals surface area contributed by atoms with Crippen molar-refractivity contribution >= 4 is 23.5 Å². The average molecular weight is 606 g/mol. The van der Waals surface area contributed by atoms with Gasteiger partial charge in [0.05, 0.1) is 33.0 Å². The molecule has 0 radical (unpaired) electrons. The zero-order valence-corrected chi connectivity index (χ0v) is 29.5. The number of carbonyl (C=O) groups excluding carboxylic acids is 2. The normalized spacial score (nSPS) is 12.1. The summed E-state index contributed by atoms with van der Waals surface area (Å²) < 4.78 is 16.4. The first-order valence-electron chi connectivity index (χ1n) is 14.7. The molecule has 0 aliphatic heterocycles. The second-order valence-corrected chi connectivity index (χ2v) is 12.4. The summed E-state index contributed by atoms with van der Waals surface area (Å²) in [5.74, 6) is -0.481. The molecule has 0 aliphatic carbocycles. The standard InChI is InChI=1S/C34H49NO7.Na/c1-9-10-11-12-23(26-15-14-25(40-7)21-29(26)41-8)19-30(36)35-28-20-24(13-16-27(28)33(2,3)4)34(5,6)22-42-32(39)18-17-31(37)38;/h13-16,20-21,23H,9-12,17-19,22H2,1-8H3,(H2,35,36,37,38);/q;+1/p-1. The number of unbranched alkanes of at least 4 members (excludes halogenated alkanes) is 2. The molecule has 0 saturated carbocycles. The number of aliphatic carboxylic acids is 1. The third kappa shape index (κ3) is 12.2. The summed E-state index contributed by atoms with van der Waals surface area (Å²) in [4.78, 5) is 36.4. The summed E-state index contributed by atoms with van der Waals surface area (Å²) in [6, 6.07) is 11.6. The van der Waals surface area contributed by atoms with Gasteiger partial charge < -0.3 is 29.4 Å². The van der Waals surface area contributed by atoms with Crippen LogP contribution in [-0.4, -0.2) is 43.8 Å². The molecule has 232 valence electrons. The van der Waals surface area contributed by atoms with Gasteiger partial charge in [0.2, 0.25) is 0 Å². The van der Waals surface area contributed by atoms with Crippen molar-refractivity contribution in [2.24, 2.45) is 0 Å². The molecular formula is C34H48NNaO7. The summed E-state index contributed by atoms with van der Waals surface area (Å²) in [7, 11) is 3.24. The second kappa shape index (κ2) is 17.7. The van der Waals surface area contributed by atoms with Crippen molar-refractivity contribution in [2.45, 2.75) is 103 Å². The van der Waals surface area contributed by atoms with Gasteiger partial charge in [-0.3, -0.25) is 9.59 Å². The van der Waals surface area contributed by atoms with E-state index in [9.17, 15) is 14.4 Å². The van der Waals surface area contributed by atoms with Crippen LogP contribution in [0.1, 0.15) is 109 Å². The van der Waals surface area contributed by atoms with E-state index in [1.807, 2.05) is 50.2 Å². The van der Waals surface area contributed by atoms with Crippen LogP contribution in [0.5, 0.6) is 11.5 Å². The SMILES string of the molecule is CCCCCC(CC(=O)[N-]c1cc(C(C)(C)COC(=O)CCC(=O)O)ccc1C(C)(C)C)c1ccc(OC)cc1OC.[Na+]. The van der Waals surface area contributed by atoms with Crippen LogP contribution in [0.4, 0.5) is 5.69 Å².